The van der Waals surface area contributed by atoms with Gasteiger partial charge in [0.05, 0.1) is 29.9 Å². The predicted octanol–water partition coefficient (Wildman–Crippen LogP) is 0.756. The van der Waals surface area contributed by atoms with Crippen molar-refractivity contribution >= 4 is 27.5 Å². The van der Waals surface area contributed by atoms with Crippen LogP contribution in [0.5, 0.6) is 0 Å². The first-order chi connectivity index (χ1) is 10.00. The average molecular weight is 329 g/mol. The standard InChI is InChI=1S/C14H19NO4S2/c16-8-13(11-4-2-1-3-5-11)15-14(17)9-20-12-6-7-21(18,19)10-12/h1-5,12-13,16H,6-10H2,(H,15,17). The van der Waals surface area contributed by atoms with Crippen LogP contribution in [0.4, 0.5) is 0 Å². The highest BCUT2D eigenvalue weighted by molar-refractivity contribution is 8.02. The number of hydrogen-bond acceptors (Lipinski definition) is 5. The second-order valence-electron chi connectivity index (χ2n) is 5.05. The number of thioether (sulfide) groups is 1. The summed E-state index contributed by atoms with van der Waals surface area (Å²) in [5.74, 6) is 0.402. The number of rotatable bonds is 6. The highest BCUT2D eigenvalue weighted by Crippen LogP contribution is 2.24. The minimum Gasteiger partial charge on any atom is -0.394 e. The second kappa shape index (κ2) is 7.29. The normalized spacial score (nSPS) is 21.9. The van der Waals surface area contributed by atoms with Crippen LogP contribution >= 0.6 is 11.8 Å². The quantitative estimate of drug-likeness (QED) is 0.805. The van der Waals surface area contributed by atoms with Crippen molar-refractivity contribution in [2.75, 3.05) is 23.9 Å². The molecule has 21 heavy (non-hydrogen) atoms. The Morgan fingerprint density at radius 2 is 2.10 bits per heavy atom. The molecule has 0 aliphatic carbocycles. The van der Waals surface area contributed by atoms with Crippen LogP contribution in [-0.2, 0) is 14.6 Å². The van der Waals surface area contributed by atoms with Crippen LogP contribution in [0.15, 0.2) is 30.3 Å². The summed E-state index contributed by atoms with van der Waals surface area (Å²) in [6, 6.07) is 8.84. The Balaban J connectivity index is 1.81. The van der Waals surface area contributed by atoms with Crippen LogP contribution in [0.1, 0.15) is 18.0 Å². The second-order valence-corrected chi connectivity index (χ2v) is 8.57. The molecule has 1 aliphatic rings. The maximum absolute atomic E-state index is 11.9. The van der Waals surface area contributed by atoms with E-state index in [4.69, 9.17) is 0 Å². The fraction of sp³-hybridized carbons (Fsp3) is 0.500. The van der Waals surface area contributed by atoms with E-state index in [1.165, 1.54) is 11.8 Å². The molecule has 1 aliphatic heterocycles. The Morgan fingerprint density at radius 3 is 2.67 bits per heavy atom. The Bertz CT molecular complexity index is 574. The lowest BCUT2D eigenvalue weighted by Crippen LogP contribution is -2.32. The summed E-state index contributed by atoms with van der Waals surface area (Å²) in [6.07, 6.45) is 0.613. The number of aliphatic hydroxyl groups excluding tert-OH is 1. The third kappa shape index (κ3) is 5.01. The molecule has 116 valence electrons. The first-order valence-electron chi connectivity index (χ1n) is 6.77. The summed E-state index contributed by atoms with van der Waals surface area (Å²) in [7, 11) is -2.91. The molecule has 1 saturated heterocycles. The Kier molecular flexibility index (Phi) is 5.66. The number of amides is 1. The maximum Gasteiger partial charge on any atom is 0.230 e. The van der Waals surface area contributed by atoms with Crippen molar-refractivity contribution in [2.24, 2.45) is 0 Å². The number of carbonyl (C=O) groups excluding carboxylic acids is 1. The van der Waals surface area contributed by atoms with Crippen molar-refractivity contribution < 1.29 is 18.3 Å². The van der Waals surface area contributed by atoms with Crippen LogP contribution in [-0.4, -0.2) is 48.5 Å². The number of nitrogens with one attached hydrogen (secondary N) is 1. The molecule has 7 heteroatoms. The molecule has 1 amide bonds. The van der Waals surface area contributed by atoms with E-state index in [1.807, 2.05) is 30.3 Å². The first-order valence-corrected chi connectivity index (χ1v) is 9.64. The highest BCUT2D eigenvalue weighted by atomic mass is 32.2. The van der Waals surface area contributed by atoms with Crippen molar-refractivity contribution in [2.45, 2.75) is 17.7 Å². The topological polar surface area (TPSA) is 83.5 Å². The Hall–Kier alpha value is -1.05. The third-order valence-electron chi connectivity index (χ3n) is 3.36. The average Bonchev–Trinajstić information content (AvgIpc) is 2.83. The zero-order valence-electron chi connectivity index (χ0n) is 11.6. The van der Waals surface area contributed by atoms with Gasteiger partial charge in [-0.15, -0.1) is 11.8 Å². The Morgan fingerprint density at radius 1 is 1.38 bits per heavy atom. The molecule has 0 bridgehead atoms. The number of sulfone groups is 1. The molecule has 2 rings (SSSR count). The van der Waals surface area contributed by atoms with Crippen LogP contribution in [0.3, 0.4) is 0 Å². The van der Waals surface area contributed by atoms with E-state index in [0.29, 0.717) is 6.42 Å². The summed E-state index contributed by atoms with van der Waals surface area (Å²) < 4.78 is 22.7. The molecule has 5 nitrogen and oxygen atoms in total. The minimum atomic E-state index is -2.91. The van der Waals surface area contributed by atoms with Crippen molar-refractivity contribution in [3.8, 4) is 0 Å². The smallest absolute Gasteiger partial charge is 0.230 e. The van der Waals surface area contributed by atoms with E-state index in [1.54, 1.807) is 0 Å². The van der Waals surface area contributed by atoms with E-state index in [0.717, 1.165) is 5.56 Å². The van der Waals surface area contributed by atoms with Crippen molar-refractivity contribution in [3.05, 3.63) is 35.9 Å². The van der Waals surface area contributed by atoms with Gasteiger partial charge in [-0.1, -0.05) is 30.3 Å². The summed E-state index contributed by atoms with van der Waals surface area (Å²) in [5, 5.41) is 12.1. The molecule has 2 unspecified atom stereocenters. The van der Waals surface area contributed by atoms with Crippen LogP contribution in [0, 0.1) is 0 Å². The Labute approximate surface area is 129 Å². The van der Waals surface area contributed by atoms with Crippen LogP contribution < -0.4 is 5.32 Å². The maximum atomic E-state index is 11.9. The molecule has 0 saturated carbocycles. The lowest BCUT2D eigenvalue weighted by atomic mass is 10.1. The summed E-state index contributed by atoms with van der Waals surface area (Å²) in [4.78, 5) is 11.9. The van der Waals surface area contributed by atoms with Gasteiger partial charge in [-0.3, -0.25) is 4.79 Å². The molecule has 1 aromatic carbocycles. The van der Waals surface area contributed by atoms with Gasteiger partial charge in [0.2, 0.25) is 5.91 Å². The van der Waals surface area contributed by atoms with Gasteiger partial charge in [0, 0.05) is 5.25 Å². The molecular weight excluding hydrogens is 310 g/mol. The van der Waals surface area contributed by atoms with Crippen LogP contribution in [0.2, 0.25) is 0 Å². The zero-order chi connectivity index (χ0) is 15.3. The molecule has 2 N–H and O–H groups in total. The largest absolute Gasteiger partial charge is 0.394 e. The van der Waals surface area contributed by atoms with Gasteiger partial charge in [-0.25, -0.2) is 8.42 Å². The van der Waals surface area contributed by atoms with Gasteiger partial charge in [-0.2, -0.15) is 0 Å². The minimum absolute atomic E-state index is 0.00468. The van der Waals surface area contributed by atoms with E-state index >= 15 is 0 Å². The number of benzene rings is 1. The van der Waals surface area contributed by atoms with Gasteiger partial charge in [0.1, 0.15) is 0 Å². The summed E-state index contributed by atoms with van der Waals surface area (Å²) >= 11 is 1.37. The van der Waals surface area contributed by atoms with Gasteiger partial charge in [-0.05, 0) is 12.0 Å². The number of aliphatic hydroxyl groups is 1. The molecule has 1 fully saturated rings. The fourth-order valence-electron chi connectivity index (χ4n) is 2.24. The molecule has 0 radical (unpaired) electrons. The van der Waals surface area contributed by atoms with E-state index in [9.17, 15) is 18.3 Å². The fourth-order valence-corrected chi connectivity index (χ4v) is 5.70. The van der Waals surface area contributed by atoms with Gasteiger partial charge in [0.15, 0.2) is 9.84 Å². The van der Waals surface area contributed by atoms with Gasteiger partial charge < -0.3 is 10.4 Å². The van der Waals surface area contributed by atoms with Crippen LogP contribution in [0.25, 0.3) is 0 Å². The molecule has 2 atom stereocenters. The van der Waals surface area contributed by atoms with E-state index in [2.05, 4.69) is 5.32 Å². The number of carbonyl (C=O) groups is 1. The molecule has 0 spiro atoms. The lowest BCUT2D eigenvalue weighted by Gasteiger charge is -2.17. The lowest BCUT2D eigenvalue weighted by molar-refractivity contribution is -0.119. The predicted molar refractivity (Wildman–Crippen MR) is 83.9 cm³/mol. The first kappa shape index (κ1) is 16.3. The molecule has 1 aromatic rings. The van der Waals surface area contributed by atoms with Crippen molar-refractivity contribution in [3.63, 3.8) is 0 Å². The third-order valence-corrected chi connectivity index (χ3v) is 6.64. The summed E-state index contributed by atoms with van der Waals surface area (Å²) in [5.41, 5.74) is 0.849. The van der Waals surface area contributed by atoms with E-state index < -0.39 is 15.9 Å². The van der Waals surface area contributed by atoms with Gasteiger partial charge >= 0.3 is 0 Å². The number of hydrogen-bond donors (Lipinski definition) is 2. The highest BCUT2D eigenvalue weighted by Gasteiger charge is 2.28. The van der Waals surface area contributed by atoms with E-state index in [-0.39, 0.29) is 35.0 Å². The summed E-state index contributed by atoms with van der Waals surface area (Å²) in [6.45, 7) is -0.168. The molecule has 1 heterocycles. The van der Waals surface area contributed by atoms with Gasteiger partial charge in [0.25, 0.3) is 0 Å². The SMILES string of the molecule is O=C(CSC1CCS(=O)(=O)C1)NC(CO)c1ccccc1. The molecular formula is C14H19NO4S2. The monoisotopic (exact) mass is 329 g/mol. The van der Waals surface area contributed by atoms with Crippen molar-refractivity contribution in [1.82, 2.24) is 5.32 Å². The van der Waals surface area contributed by atoms with Crippen molar-refractivity contribution in [1.29, 1.82) is 0 Å². The molecule has 0 aromatic heterocycles. The zero-order valence-corrected chi connectivity index (χ0v) is 13.2.